The van der Waals surface area contributed by atoms with Crippen LogP contribution in [0.15, 0.2) is 29.4 Å². The molecule has 11 heteroatoms. The second-order valence-electron chi connectivity index (χ2n) is 5.89. The average Bonchev–Trinajstić information content (AvgIpc) is 3.20. The molecule has 148 valence electrons. The van der Waals surface area contributed by atoms with Crippen LogP contribution in [0.3, 0.4) is 0 Å². The highest BCUT2D eigenvalue weighted by Gasteiger charge is 2.17. The smallest absolute Gasteiger partial charge is 0.271 e. The summed E-state index contributed by atoms with van der Waals surface area (Å²) in [4.78, 5) is 12.4. The molecule has 1 aromatic carbocycles. The summed E-state index contributed by atoms with van der Waals surface area (Å²) in [5.41, 5.74) is 2.25. The van der Waals surface area contributed by atoms with E-state index in [1.54, 1.807) is 30.0 Å². The van der Waals surface area contributed by atoms with Crippen LogP contribution < -0.4 is 20.6 Å². The molecule has 2 heterocycles. The number of hydrogen-bond donors (Lipinski definition) is 2. The zero-order chi connectivity index (χ0) is 20.3. The van der Waals surface area contributed by atoms with E-state index in [0.717, 1.165) is 11.4 Å². The van der Waals surface area contributed by atoms with E-state index in [1.807, 2.05) is 19.9 Å². The van der Waals surface area contributed by atoms with E-state index in [-0.39, 0.29) is 11.7 Å². The maximum absolute atomic E-state index is 12.4. The number of rotatable bonds is 7. The number of ether oxygens (including phenoxy) is 2. The fourth-order valence-corrected chi connectivity index (χ4v) is 3.22. The minimum atomic E-state index is -0.243. The lowest BCUT2D eigenvalue weighted by molar-refractivity contribution is -0.113. The molecule has 3 aromatic rings. The van der Waals surface area contributed by atoms with Crippen molar-refractivity contribution in [3.63, 3.8) is 0 Å². The van der Waals surface area contributed by atoms with Gasteiger partial charge in [0.1, 0.15) is 11.5 Å². The summed E-state index contributed by atoms with van der Waals surface area (Å²) >= 11 is 1.17. The summed E-state index contributed by atoms with van der Waals surface area (Å²) in [6, 6.07) is 7.07. The lowest BCUT2D eigenvalue weighted by atomic mass is 10.2. The Kier molecular flexibility index (Phi) is 5.73. The molecule has 0 atom stereocenters. The molecule has 0 bridgehead atoms. The number of amides is 1. The predicted molar refractivity (Wildman–Crippen MR) is 106 cm³/mol. The Balaban J connectivity index is 1.68. The highest BCUT2D eigenvalue weighted by molar-refractivity contribution is 7.99. The van der Waals surface area contributed by atoms with Gasteiger partial charge in [-0.05, 0) is 32.0 Å². The van der Waals surface area contributed by atoms with Gasteiger partial charge >= 0.3 is 0 Å². The van der Waals surface area contributed by atoms with Crippen molar-refractivity contribution in [3.8, 4) is 17.4 Å². The van der Waals surface area contributed by atoms with E-state index in [1.165, 1.54) is 23.5 Å². The third-order valence-electron chi connectivity index (χ3n) is 3.86. The molecule has 0 fully saturated rings. The Morgan fingerprint density at radius 3 is 2.64 bits per heavy atom. The van der Waals surface area contributed by atoms with E-state index in [9.17, 15) is 4.79 Å². The number of nitrogens with zero attached hydrogens (tertiary/aromatic N) is 5. The summed E-state index contributed by atoms with van der Waals surface area (Å²) in [6.07, 6.45) is 0. The minimum absolute atomic E-state index is 0.0901. The second kappa shape index (κ2) is 8.21. The number of nitrogens with one attached hydrogen (secondary N) is 1. The van der Waals surface area contributed by atoms with Gasteiger partial charge in [0, 0.05) is 11.8 Å². The van der Waals surface area contributed by atoms with Gasteiger partial charge in [0.15, 0.2) is 0 Å². The van der Waals surface area contributed by atoms with E-state index >= 15 is 0 Å². The number of aryl methyl sites for hydroxylation is 2. The predicted octanol–water partition coefficient (Wildman–Crippen LogP) is 1.54. The first kappa shape index (κ1) is 19.5. The standard InChI is InChI=1S/C17H21N7O3S/c1-10-7-11(2)24(22-10)16-20-21-17(23(16)18)28-9-15(25)19-13-8-12(26-3)5-6-14(13)27-4/h5-8H,9,18H2,1-4H3,(H,19,25). The van der Waals surface area contributed by atoms with Crippen LogP contribution in [0.1, 0.15) is 11.4 Å². The summed E-state index contributed by atoms with van der Waals surface area (Å²) in [5, 5.41) is 15.7. The first-order chi connectivity index (χ1) is 13.4. The van der Waals surface area contributed by atoms with Crippen molar-refractivity contribution >= 4 is 23.4 Å². The zero-order valence-electron chi connectivity index (χ0n) is 16.0. The molecule has 3 N–H and O–H groups in total. The fraction of sp³-hybridized carbons (Fsp3) is 0.294. The number of hydrogen-bond acceptors (Lipinski definition) is 8. The molecule has 0 saturated heterocycles. The van der Waals surface area contributed by atoms with Crippen LogP contribution in [0.2, 0.25) is 0 Å². The summed E-state index contributed by atoms with van der Waals surface area (Å²) in [5.74, 6) is 7.45. The van der Waals surface area contributed by atoms with E-state index < -0.39 is 0 Å². The van der Waals surface area contributed by atoms with Gasteiger partial charge in [-0.2, -0.15) is 5.10 Å². The van der Waals surface area contributed by atoms with Gasteiger partial charge in [-0.25, -0.2) is 9.36 Å². The molecule has 1 amide bonds. The Hall–Kier alpha value is -3.21. The SMILES string of the molecule is COc1ccc(OC)c(NC(=O)CSc2nnc(-n3nc(C)cc3C)n2N)c1. The molecule has 28 heavy (non-hydrogen) atoms. The van der Waals surface area contributed by atoms with Crippen molar-refractivity contribution in [1.29, 1.82) is 0 Å². The highest BCUT2D eigenvalue weighted by atomic mass is 32.2. The lowest BCUT2D eigenvalue weighted by Gasteiger charge is -2.11. The van der Waals surface area contributed by atoms with Crippen LogP contribution in [0.4, 0.5) is 5.69 Å². The van der Waals surface area contributed by atoms with Crippen LogP contribution in [-0.4, -0.2) is 50.5 Å². The molecule has 0 aliphatic carbocycles. The summed E-state index contributed by atoms with van der Waals surface area (Å²) < 4.78 is 13.4. The number of nitrogens with two attached hydrogens (primary N) is 1. The highest BCUT2D eigenvalue weighted by Crippen LogP contribution is 2.29. The van der Waals surface area contributed by atoms with Gasteiger partial charge in [-0.1, -0.05) is 11.8 Å². The Bertz CT molecular complexity index is 999. The number of nitrogen functional groups attached to an aromatic ring is 1. The van der Waals surface area contributed by atoms with Crippen LogP contribution >= 0.6 is 11.8 Å². The maximum Gasteiger partial charge on any atom is 0.271 e. The molecule has 0 unspecified atom stereocenters. The van der Waals surface area contributed by atoms with Crippen LogP contribution in [0.5, 0.6) is 11.5 Å². The number of methoxy groups -OCH3 is 2. The molecule has 0 radical (unpaired) electrons. The van der Waals surface area contributed by atoms with Crippen LogP contribution in [0, 0.1) is 13.8 Å². The third-order valence-corrected chi connectivity index (χ3v) is 4.80. The van der Waals surface area contributed by atoms with Crippen molar-refractivity contribution in [2.75, 3.05) is 31.1 Å². The van der Waals surface area contributed by atoms with Gasteiger partial charge in [0.25, 0.3) is 5.95 Å². The molecule has 0 saturated carbocycles. The van der Waals surface area contributed by atoms with Crippen molar-refractivity contribution in [2.24, 2.45) is 0 Å². The number of carbonyl (C=O) groups excluding carboxylic acids is 1. The number of aromatic nitrogens is 5. The van der Waals surface area contributed by atoms with Gasteiger partial charge in [0.05, 0.1) is 31.4 Å². The van der Waals surface area contributed by atoms with E-state index in [2.05, 4.69) is 20.6 Å². The number of carbonyl (C=O) groups is 1. The fourth-order valence-electron chi connectivity index (χ4n) is 2.57. The molecule has 0 spiro atoms. The molecule has 3 rings (SSSR count). The quantitative estimate of drug-likeness (QED) is 0.450. The Labute approximate surface area is 166 Å². The Morgan fingerprint density at radius 2 is 2.00 bits per heavy atom. The minimum Gasteiger partial charge on any atom is -0.497 e. The topological polar surface area (TPSA) is 122 Å². The third kappa shape index (κ3) is 4.03. The lowest BCUT2D eigenvalue weighted by Crippen LogP contribution is -2.19. The van der Waals surface area contributed by atoms with Crippen LogP contribution in [-0.2, 0) is 4.79 Å². The van der Waals surface area contributed by atoms with Crippen molar-refractivity contribution in [3.05, 3.63) is 35.7 Å². The number of benzene rings is 1. The van der Waals surface area contributed by atoms with Gasteiger partial charge < -0.3 is 20.6 Å². The average molecular weight is 403 g/mol. The first-order valence-corrected chi connectivity index (χ1v) is 9.30. The molecule has 0 aliphatic rings. The summed E-state index contributed by atoms with van der Waals surface area (Å²) in [6.45, 7) is 3.78. The van der Waals surface area contributed by atoms with Gasteiger partial charge in [-0.15, -0.1) is 10.2 Å². The van der Waals surface area contributed by atoms with Crippen LogP contribution in [0.25, 0.3) is 5.95 Å². The number of anilines is 1. The molecular weight excluding hydrogens is 382 g/mol. The van der Waals surface area contributed by atoms with Crippen molar-refractivity contribution in [1.82, 2.24) is 24.7 Å². The van der Waals surface area contributed by atoms with E-state index in [0.29, 0.717) is 28.3 Å². The monoisotopic (exact) mass is 403 g/mol. The maximum atomic E-state index is 12.4. The van der Waals surface area contributed by atoms with Gasteiger partial charge in [-0.3, -0.25) is 4.79 Å². The largest absolute Gasteiger partial charge is 0.497 e. The molecule has 0 aliphatic heterocycles. The zero-order valence-corrected chi connectivity index (χ0v) is 16.8. The van der Waals surface area contributed by atoms with E-state index in [4.69, 9.17) is 15.3 Å². The normalized spacial score (nSPS) is 10.7. The second-order valence-corrected chi connectivity index (χ2v) is 6.84. The molecular formula is C17H21N7O3S. The first-order valence-electron chi connectivity index (χ1n) is 8.31. The Morgan fingerprint density at radius 1 is 1.21 bits per heavy atom. The molecule has 2 aromatic heterocycles. The molecule has 10 nitrogen and oxygen atoms in total. The van der Waals surface area contributed by atoms with Crippen molar-refractivity contribution < 1.29 is 14.3 Å². The van der Waals surface area contributed by atoms with Crippen molar-refractivity contribution in [2.45, 2.75) is 19.0 Å². The summed E-state index contributed by atoms with van der Waals surface area (Å²) in [7, 11) is 3.08. The number of thioether (sulfide) groups is 1. The van der Waals surface area contributed by atoms with Gasteiger partial charge in [0.2, 0.25) is 11.1 Å².